The van der Waals surface area contributed by atoms with Crippen molar-refractivity contribution in [1.29, 1.82) is 0 Å². The zero-order valence-electron chi connectivity index (χ0n) is 11.7. The van der Waals surface area contributed by atoms with Crippen LogP contribution in [0.5, 0.6) is 5.75 Å². The van der Waals surface area contributed by atoms with Gasteiger partial charge in [0.1, 0.15) is 11.9 Å². The molecule has 1 unspecified atom stereocenters. The Kier molecular flexibility index (Phi) is 4.22. The number of aliphatic hydroxyl groups excluding tert-OH is 1. The number of rotatable bonds is 4. The van der Waals surface area contributed by atoms with Crippen LogP contribution >= 0.6 is 11.3 Å². The number of aryl methyl sites for hydroxylation is 2. The molecule has 0 aliphatic rings. The van der Waals surface area contributed by atoms with Crippen LogP contribution in [0.1, 0.15) is 40.8 Å². The van der Waals surface area contributed by atoms with Crippen LogP contribution in [-0.4, -0.2) is 16.2 Å². The van der Waals surface area contributed by atoms with E-state index < -0.39 is 6.10 Å². The van der Waals surface area contributed by atoms with Crippen molar-refractivity contribution < 1.29 is 9.84 Å². The number of aromatic nitrogens is 1. The van der Waals surface area contributed by atoms with Crippen molar-refractivity contribution in [2.24, 2.45) is 0 Å². The van der Waals surface area contributed by atoms with Gasteiger partial charge in [0.05, 0.1) is 12.3 Å². The van der Waals surface area contributed by atoms with Gasteiger partial charge in [-0.2, -0.15) is 0 Å². The third-order valence-corrected chi connectivity index (χ3v) is 3.78. The van der Waals surface area contributed by atoms with Gasteiger partial charge >= 0.3 is 0 Å². The van der Waals surface area contributed by atoms with Crippen LogP contribution in [0, 0.1) is 13.8 Å². The Morgan fingerprint density at radius 3 is 2.53 bits per heavy atom. The molecule has 0 aromatic carbocycles. The summed E-state index contributed by atoms with van der Waals surface area (Å²) >= 11 is 1.70. The van der Waals surface area contributed by atoms with Crippen molar-refractivity contribution in [3.63, 3.8) is 0 Å². The van der Waals surface area contributed by atoms with Gasteiger partial charge in [0.25, 0.3) is 0 Å². The van der Waals surface area contributed by atoms with Crippen LogP contribution in [0.4, 0.5) is 0 Å². The lowest BCUT2D eigenvalue weighted by Gasteiger charge is -2.14. The van der Waals surface area contributed by atoms with Crippen LogP contribution < -0.4 is 4.74 Å². The number of hydrogen-bond acceptors (Lipinski definition) is 4. The number of aliphatic hydroxyl groups is 1. The molecular formula is C15H19NO2S. The highest BCUT2D eigenvalue weighted by Crippen LogP contribution is 2.31. The van der Waals surface area contributed by atoms with Gasteiger partial charge in [-0.15, -0.1) is 11.3 Å². The van der Waals surface area contributed by atoms with Gasteiger partial charge in [-0.3, -0.25) is 4.98 Å². The fourth-order valence-electron chi connectivity index (χ4n) is 2.02. The number of thiophene rings is 1. The topological polar surface area (TPSA) is 42.4 Å². The maximum absolute atomic E-state index is 10.5. The van der Waals surface area contributed by atoms with E-state index in [9.17, 15) is 5.11 Å². The summed E-state index contributed by atoms with van der Waals surface area (Å²) in [6, 6.07) is 3.88. The number of nitrogens with zero attached hydrogens (tertiary/aromatic N) is 1. The first kappa shape index (κ1) is 14.0. The number of ether oxygens (including phenoxy) is 1. The molecule has 0 saturated carbocycles. The minimum atomic E-state index is -0.645. The highest BCUT2D eigenvalue weighted by Gasteiger charge is 2.16. The van der Waals surface area contributed by atoms with Crippen molar-refractivity contribution in [2.45, 2.75) is 39.9 Å². The second kappa shape index (κ2) is 5.72. The first-order chi connectivity index (χ1) is 8.97. The van der Waals surface area contributed by atoms with Crippen molar-refractivity contribution in [3.8, 4) is 5.75 Å². The Morgan fingerprint density at radius 2 is 1.95 bits per heavy atom. The van der Waals surface area contributed by atoms with E-state index in [4.69, 9.17) is 4.74 Å². The Labute approximate surface area is 117 Å². The molecule has 0 spiro atoms. The molecule has 0 aliphatic heterocycles. The fourth-order valence-corrected chi connectivity index (χ4v) is 2.98. The third kappa shape index (κ3) is 3.33. The highest BCUT2D eigenvalue weighted by atomic mass is 32.1. The Hall–Kier alpha value is -1.39. The molecular weight excluding hydrogens is 258 g/mol. The number of hydrogen-bond donors (Lipinski definition) is 1. The maximum Gasteiger partial charge on any atom is 0.138 e. The maximum atomic E-state index is 10.5. The second-order valence-corrected chi connectivity index (χ2v) is 6.35. The van der Waals surface area contributed by atoms with E-state index in [1.54, 1.807) is 23.7 Å². The molecule has 4 heteroatoms. The molecule has 2 aromatic heterocycles. The van der Waals surface area contributed by atoms with Gasteiger partial charge in [-0.25, -0.2) is 0 Å². The molecule has 2 heterocycles. The quantitative estimate of drug-likeness (QED) is 0.928. The largest absolute Gasteiger partial charge is 0.489 e. The first-order valence-corrected chi connectivity index (χ1v) is 7.15. The predicted octanol–water partition coefficient (Wildman–Crippen LogP) is 3.63. The lowest BCUT2D eigenvalue weighted by molar-refractivity contribution is 0.215. The zero-order valence-corrected chi connectivity index (χ0v) is 12.5. The summed E-state index contributed by atoms with van der Waals surface area (Å²) in [6.07, 6.45) is 2.80. The SMILES string of the molecule is Cc1cc(C(O)c2cncc(OC(C)C)c2)c(C)s1. The van der Waals surface area contributed by atoms with Gasteiger partial charge < -0.3 is 9.84 Å². The van der Waals surface area contributed by atoms with Crippen LogP contribution in [0.25, 0.3) is 0 Å². The summed E-state index contributed by atoms with van der Waals surface area (Å²) < 4.78 is 5.61. The second-order valence-electron chi connectivity index (χ2n) is 4.89. The molecule has 3 nitrogen and oxygen atoms in total. The van der Waals surface area contributed by atoms with Gasteiger partial charge in [-0.05, 0) is 45.4 Å². The van der Waals surface area contributed by atoms with E-state index in [0.717, 1.165) is 16.0 Å². The smallest absolute Gasteiger partial charge is 0.138 e. The molecule has 0 amide bonds. The van der Waals surface area contributed by atoms with Crippen LogP contribution in [0.2, 0.25) is 0 Å². The molecule has 0 radical (unpaired) electrons. The summed E-state index contributed by atoms with van der Waals surface area (Å²) in [6.45, 7) is 8.01. The van der Waals surface area contributed by atoms with Crippen LogP contribution in [0.3, 0.4) is 0 Å². The van der Waals surface area contributed by atoms with Crippen molar-refractivity contribution in [2.75, 3.05) is 0 Å². The van der Waals surface area contributed by atoms with Crippen molar-refractivity contribution in [3.05, 3.63) is 45.4 Å². The van der Waals surface area contributed by atoms with E-state index >= 15 is 0 Å². The molecule has 2 rings (SSSR count). The summed E-state index contributed by atoms with van der Waals surface area (Å²) in [7, 11) is 0. The van der Waals surface area contributed by atoms with Crippen molar-refractivity contribution >= 4 is 11.3 Å². The Morgan fingerprint density at radius 1 is 1.21 bits per heavy atom. The van der Waals surface area contributed by atoms with E-state index in [1.165, 1.54) is 4.88 Å². The van der Waals surface area contributed by atoms with Crippen molar-refractivity contribution in [1.82, 2.24) is 4.98 Å². The van der Waals surface area contributed by atoms with Gasteiger partial charge in [0.2, 0.25) is 0 Å². The van der Waals surface area contributed by atoms with Gasteiger partial charge in [-0.1, -0.05) is 0 Å². The monoisotopic (exact) mass is 277 g/mol. The molecule has 102 valence electrons. The average Bonchev–Trinajstić information content (AvgIpc) is 2.67. The minimum absolute atomic E-state index is 0.0966. The zero-order chi connectivity index (χ0) is 14.0. The predicted molar refractivity (Wildman–Crippen MR) is 77.9 cm³/mol. The molecule has 1 N–H and O–H groups in total. The van der Waals surface area contributed by atoms with Gasteiger partial charge in [0, 0.05) is 21.5 Å². The van der Waals surface area contributed by atoms with E-state index in [-0.39, 0.29) is 6.10 Å². The normalized spacial score (nSPS) is 12.7. The molecule has 0 bridgehead atoms. The summed E-state index contributed by atoms with van der Waals surface area (Å²) in [4.78, 5) is 6.48. The standard InChI is InChI=1S/C15H19NO2S/c1-9(2)18-13-6-12(7-16-8-13)15(17)14-5-10(3)19-11(14)4/h5-9,15,17H,1-4H3. The minimum Gasteiger partial charge on any atom is -0.489 e. The van der Waals surface area contributed by atoms with Crippen LogP contribution in [0.15, 0.2) is 24.5 Å². The van der Waals surface area contributed by atoms with E-state index in [1.807, 2.05) is 39.8 Å². The van der Waals surface area contributed by atoms with Crippen LogP contribution in [-0.2, 0) is 0 Å². The van der Waals surface area contributed by atoms with E-state index in [2.05, 4.69) is 4.98 Å². The lowest BCUT2D eigenvalue weighted by atomic mass is 10.0. The molecule has 0 aliphatic carbocycles. The molecule has 0 fully saturated rings. The average molecular weight is 277 g/mol. The molecule has 1 atom stereocenters. The first-order valence-electron chi connectivity index (χ1n) is 6.34. The summed E-state index contributed by atoms with van der Waals surface area (Å²) in [5.74, 6) is 0.691. The molecule has 2 aromatic rings. The Bertz CT molecular complexity index is 563. The van der Waals surface area contributed by atoms with Gasteiger partial charge in [0.15, 0.2) is 0 Å². The number of pyridine rings is 1. The highest BCUT2D eigenvalue weighted by molar-refractivity contribution is 7.12. The fraction of sp³-hybridized carbons (Fsp3) is 0.400. The Balaban J connectivity index is 2.28. The molecule has 19 heavy (non-hydrogen) atoms. The summed E-state index contributed by atoms with van der Waals surface area (Å²) in [5.41, 5.74) is 1.71. The van der Waals surface area contributed by atoms with E-state index in [0.29, 0.717) is 5.75 Å². The lowest BCUT2D eigenvalue weighted by Crippen LogP contribution is -2.07. The third-order valence-electron chi connectivity index (χ3n) is 2.80. The summed E-state index contributed by atoms with van der Waals surface area (Å²) in [5, 5.41) is 10.5. The molecule has 0 saturated heterocycles.